The van der Waals surface area contributed by atoms with Gasteiger partial charge in [0.05, 0.1) is 0 Å². The van der Waals surface area contributed by atoms with Gasteiger partial charge in [-0.1, -0.05) is 0 Å². The van der Waals surface area contributed by atoms with Crippen LogP contribution < -0.4 is 0 Å². The minimum Gasteiger partial charge on any atom is -0.465 e. The fourth-order valence-electron chi connectivity index (χ4n) is 0.632. The lowest BCUT2D eigenvalue weighted by atomic mass is 10.5. The smallest absolute Gasteiger partial charge is 0.411 e. The molecule has 0 saturated heterocycles. The Balaban J connectivity index is 4.12. The molecular formula is C5H11NO4. The minimum atomic E-state index is -1.34. The van der Waals surface area contributed by atoms with Crippen LogP contribution >= 0.6 is 0 Å². The zero-order chi connectivity index (χ0) is 8.31. The molecule has 0 aromatic carbocycles. The van der Waals surface area contributed by atoms with Gasteiger partial charge in [0.15, 0.2) is 0 Å². The highest BCUT2D eigenvalue weighted by Gasteiger charge is 2.20. The molecule has 0 radical (unpaired) electrons. The Morgan fingerprint density at radius 2 is 1.60 bits per heavy atom. The van der Waals surface area contributed by atoms with Gasteiger partial charge < -0.3 is 15.3 Å². The SMILES string of the molecule is CC(O)N(C(=O)O)C(C)O. The number of amides is 1. The summed E-state index contributed by atoms with van der Waals surface area (Å²) in [4.78, 5) is 10.7. The maximum absolute atomic E-state index is 10.2. The number of carboxylic acid groups (broad SMARTS) is 1. The third-order valence-electron chi connectivity index (χ3n) is 1.03. The predicted molar refractivity (Wildman–Crippen MR) is 33.2 cm³/mol. The zero-order valence-electron chi connectivity index (χ0n) is 5.85. The van der Waals surface area contributed by atoms with Crippen LogP contribution in [0, 0.1) is 0 Å². The third kappa shape index (κ3) is 2.20. The normalized spacial score (nSPS) is 16.0. The second-order valence-electron chi connectivity index (χ2n) is 1.95. The summed E-state index contributed by atoms with van der Waals surface area (Å²) in [6.07, 6.45) is -3.71. The average Bonchev–Trinajstić information content (AvgIpc) is 1.59. The van der Waals surface area contributed by atoms with Crippen molar-refractivity contribution >= 4 is 6.09 Å². The van der Waals surface area contributed by atoms with Gasteiger partial charge in [0.2, 0.25) is 0 Å². The molecule has 1 amide bonds. The van der Waals surface area contributed by atoms with Crippen molar-refractivity contribution in [3.63, 3.8) is 0 Å². The van der Waals surface area contributed by atoms with Gasteiger partial charge in [-0.2, -0.15) is 0 Å². The number of hydrogen-bond acceptors (Lipinski definition) is 3. The van der Waals surface area contributed by atoms with Crippen molar-refractivity contribution in [1.29, 1.82) is 0 Å². The second kappa shape index (κ2) is 3.38. The summed E-state index contributed by atoms with van der Waals surface area (Å²) < 4.78 is 0. The molecule has 60 valence electrons. The van der Waals surface area contributed by atoms with Crippen LogP contribution in [0.25, 0.3) is 0 Å². The van der Waals surface area contributed by atoms with Gasteiger partial charge in [0.25, 0.3) is 0 Å². The van der Waals surface area contributed by atoms with Gasteiger partial charge >= 0.3 is 6.09 Å². The fraction of sp³-hybridized carbons (Fsp3) is 0.800. The molecule has 5 nitrogen and oxygen atoms in total. The molecule has 0 rings (SSSR count). The highest BCUT2D eigenvalue weighted by Crippen LogP contribution is 2.00. The quantitative estimate of drug-likeness (QED) is 0.468. The second-order valence-corrected chi connectivity index (χ2v) is 1.95. The molecule has 0 aliphatic carbocycles. The van der Waals surface area contributed by atoms with E-state index in [-0.39, 0.29) is 0 Å². The molecule has 3 N–H and O–H groups in total. The van der Waals surface area contributed by atoms with Crippen LogP contribution in [0.5, 0.6) is 0 Å². The summed E-state index contributed by atoms with van der Waals surface area (Å²) in [6, 6.07) is 0. The fourth-order valence-corrected chi connectivity index (χ4v) is 0.632. The largest absolute Gasteiger partial charge is 0.465 e. The molecule has 5 heteroatoms. The summed E-state index contributed by atoms with van der Waals surface area (Å²) in [7, 11) is 0. The van der Waals surface area contributed by atoms with E-state index in [1.165, 1.54) is 13.8 Å². The molecule has 0 heterocycles. The number of nitrogens with zero attached hydrogens (tertiary/aromatic N) is 1. The molecule has 0 aromatic rings. The van der Waals surface area contributed by atoms with Crippen molar-refractivity contribution < 1.29 is 20.1 Å². The van der Waals surface area contributed by atoms with E-state index in [0.29, 0.717) is 4.90 Å². The van der Waals surface area contributed by atoms with Gasteiger partial charge in [-0.3, -0.25) is 4.90 Å². The molecule has 10 heavy (non-hydrogen) atoms. The zero-order valence-corrected chi connectivity index (χ0v) is 5.85. The molecule has 0 fully saturated rings. The summed E-state index contributed by atoms with van der Waals surface area (Å²) >= 11 is 0. The Labute approximate surface area is 58.5 Å². The van der Waals surface area contributed by atoms with Crippen LogP contribution in [0.3, 0.4) is 0 Å². The first kappa shape index (κ1) is 9.19. The molecule has 0 aliphatic heterocycles. The Bertz CT molecular complexity index is 115. The van der Waals surface area contributed by atoms with Gasteiger partial charge in [0, 0.05) is 0 Å². The Morgan fingerprint density at radius 3 is 1.60 bits per heavy atom. The van der Waals surface area contributed by atoms with E-state index < -0.39 is 18.5 Å². The van der Waals surface area contributed by atoms with Crippen LogP contribution in [0.2, 0.25) is 0 Å². The van der Waals surface area contributed by atoms with Crippen molar-refractivity contribution in [3.05, 3.63) is 0 Å². The van der Waals surface area contributed by atoms with Crippen LogP contribution in [0.1, 0.15) is 13.8 Å². The van der Waals surface area contributed by atoms with Crippen molar-refractivity contribution in [2.75, 3.05) is 0 Å². The number of hydrogen-bond donors (Lipinski definition) is 3. The lowest BCUT2D eigenvalue weighted by Gasteiger charge is -2.24. The number of carbonyl (C=O) groups is 1. The predicted octanol–water partition coefficient (Wildman–Crippen LogP) is -0.357. The van der Waals surface area contributed by atoms with Crippen molar-refractivity contribution in [3.8, 4) is 0 Å². The first-order valence-corrected chi connectivity index (χ1v) is 2.84. The highest BCUT2D eigenvalue weighted by atomic mass is 16.4. The van der Waals surface area contributed by atoms with E-state index in [1.807, 2.05) is 0 Å². The standard InChI is InChI=1S/C5H11NO4/c1-3(7)6(4(2)8)5(9)10/h3-4,7-8H,1-2H3,(H,9,10). The molecule has 2 atom stereocenters. The Hall–Kier alpha value is -0.810. The number of aliphatic hydroxyl groups excluding tert-OH is 2. The average molecular weight is 149 g/mol. The van der Waals surface area contributed by atoms with Crippen LogP contribution in [0.4, 0.5) is 4.79 Å². The number of aliphatic hydroxyl groups is 2. The van der Waals surface area contributed by atoms with E-state index in [0.717, 1.165) is 0 Å². The summed E-state index contributed by atoms with van der Waals surface area (Å²) in [5.74, 6) is 0. The van der Waals surface area contributed by atoms with Gasteiger partial charge in [-0.15, -0.1) is 0 Å². The van der Waals surface area contributed by atoms with E-state index >= 15 is 0 Å². The maximum Gasteiger partial charge on any atom is 0.411 e. The van der Waals surface area contributed by atoms with Crippen molar-refractivity contribution in [1.82, 2.24) is 4.90 Å². The molecule has 0 bridgehead atoms. The van der Waals surface area contributed by atoms with Crippen molar-refractivity contribution in [2.45, 2.75) is 26.3 Å². The van der Waals surface area contributed by atoms with E-state index in [9.17, 15) is 4.79 Å². The summed E-state index contributed by atoms with van der Waals surface area (Å²) in [5.41, 5.74) is 0. The van der Waals surface area contributed by atoms with Gasteiger partial charge in [-0.25, -0.2) is 4.79 Å². The molecule has 2 unspecified atom stereocenters. The van der Waals surface area contributed by atoms with Gasteiger partial charge in [0.1, 0.15) is 12.5 Å². The lowest BCUT2D eigenvalue weighted by molar-refractivity contribution is -0.0647. The molecule has 0 saturated carbocycles. The van der Waals surface area contributed by atoms with Crippen LogP contribution in [0.15, 0.2) is 0 Å². The van der Waals surface area contributed by atoms with Crippen LogP contribution in [-0.2, 0) is 0 Å². The molecule has 0 aromatic heterocycles. The van der Waals surface area contributed by atoms with E-state index in [1.54, 1.807) is 0 Å². The Morgan fingerprint density at radius 1 is 1.30 bits per heavy atom. The third-order valence-corrected chi connectivity index (χ3v) is 1.03. The number of rotatable bonds is 2. The van der Waals surface area contributed by atoms with Gasteiger partial charge in [-0.05, 0) is 13.8 Å². The molecule has 0 spiro atoms. The first-order chi connectivity index (χ1) is 4.46. The van der Waals surface area contributed by atoms with E-state index in [4.69, 9.17) is 15.3 Å². The molecular weight excluding hydrogens is 138 g/mol. The summed E-state index contributed by atoms with van der Waals surface area (Å²) in [5, 5.41) is 25.8. The van der Waals surface area contributed by atoms with Crippen LogP contribution in [-0.4, -0.2) is 38.8 Å². The summed E-state index contributed by atoms with van der Waals surface area (Å²) in [6.45, 7) is 2.53. The van der Waals surface area contributed by atoms with E-state index in [2.05, 4.69) is 0 Å². The monoisotopic (exact) mass is 149 g/mol. The lowest BCUT2D eigenvalue weighted by Crippen LogP contribution is -2.43. The van der Waals surface area contributed by atoms with Crippen molar-refractivity contribution in [2.24, 2.45) is 0 Å². The Kier molecular flexibility index (Phi) is 3.11. The highest BCUT2D eigenvalue weighted by molar-refractivity contribution is 5.65. The molecule has 0 aliphatic rings. The maximum atomic E-state index is 10.2. The first-order valence-electron chi connectivity index (χ1n) is 2.84. The minimum absolute atomic E-state index is 0.528. The topological polar surface area (TPSA) is 81.0 Å².